The van der Waals surface area contributed by atoms with E-state index in [-0.39, 0.29) is 17.7 Å². The quantitative estimate of drug-likeness (QED) is 0.379. The van der Waals surface area contributed by atoms with Crippen molar-refractivity contribution in [3.8, 4) is 11.1 Å². The molecule has 1 amide bonds. The number of rotatable bonds is 6. The smallest absolute Gasteiger partial charge is 0.356 e. The van der Waals surface area contributed by atoms with Crippen LogP contribution in [0.2, 0.25) is 5.02 Å². The summed E-state index contributed by atoms with van der Waals surface area (Å²) >= 11 is 6.08. The van der Waals surface area contributed by atoms with Crippen LogP contribution in [-0.4, -0.2) is 27.5 Å². The first-order valence-corrected chi connectivity index (χ1v) is 11.5. The molecule has 0 bridgehead atoms. The Balaban J connectivity index is 1.77. The molecule has 2 heterocycles. The molecule has 7 nitrogen and oxygen atoms in total. The van der Waals surface area contributed by atoms with Crippen LogP contribution in [0.5, 0.6) is 0 Å². The number of aryl methyl sites for hydroxylation is 1. The van der Waals surface area contributed by atoms with Crippen molar-refractivity contribution in [3.63, 3.8) is 0 Å². The lowest BCUT2D eigenvalue weighted by molar-refractivity contribution is -0.124. The van der Waals surface area contributed by atoms with Crippen LogP contribution >= 0.6 is 11.6 Å². The molecule has 35 heavy (non-hydrogen) atoms. The second-order valence-corrected chi connectivity index (χ2v) is 8.54. The first-order chi connectivity index (χ1) is 16.8. The summed E-state index contributed by atoms with van der Waals surface area (Å²) in [6, 6.07) is 17.6. The molecule has 0 saturated heterocycles. The maximum Gasteiger partial charge on any atom is 0.356 e. The largest absolute Gasteiger partial charge is 0.448 e. The van der Waals surface area contributed by atoms with Crippen molar-refractivity contribution >= 4 is 40.1 Å². The molecule has 1 unspecified atom stereocenters. The predicted molar refractivity (Wildman–Crippen MR) is 137 cm³/mol. The number of carbonyl (C=O) groups is 2. The van der Waals surface area contributed by atoms with Gasteiger partial charge in [0.25, 0.3) is 11.5 Å². The second-order valence-electron chi connectivity index (χ2n) is 8.10. The number of ether oxygens (including phenoxy) is 1. The fourth-order valence-corrected chi connectivity index (χ4v) is 4.06. The molecule has 0 aliphatic heterocycles. The summed E-state index contributed by atoms with van der Waals surface area (Å²) in [5.74, 6) is -0.881. The van der Waals surface area contributed by atoms with E-state index >= 15 is 0 Å². The van der Waals surface area contributed by atoms with Crippen molar-refractivity contribution in [1.29, 1.82) is 0 Å². The lowest BCUT2D eigenvalue weighted by atomic mass is 9.96. The SMILES string of the molecule is CCC(OC(=O)c1c(-c2ccc(Cl)cc2)c2ccccc2c(=O)n1C)C(=O)Nc1ncccc1C. The molecule has 2 aromatic heterocycles. The highest BCUT2D eigenvalue weighted by Gasteiger charge is 2.28. The molecular formula is C27H24ClN3O4. The number of benzene rings is 2. The second kappa shape index (κ2) is 10.1. The van der Waals surface area contributed by atoms with Gasteiger partial charge in [-0.2, -0.15) is 0 Å². The highest BCUT2D eigenvalue weighted by atomic mass is 35.5. The molecular weight excluding hydrogens is 466 g/mol. The monoisotopic (exact) mass is 489 g/mol. The minimum atomic E-state index is -1.08. The normalized spacial score (nSPS) is 11.8. The summed E-state index contributed by atoms with van der Waals surface area (Å²) in [6.45, 7) is 3.56. The Bertz CT molecular complexity index is 1480. The number of nitrogens with one attached hydrogen (secondary N) is 1. The van der Waals surface area contributed by atoms with Crippen LogP contribution in [0.1, 0.15) is 29.4 Å². The van der Waals surface area contributed by atoms with Crippen LogP contribution in [0.3, 0.4) is 0 Å². The summed E-state index contributed by atoms with van der Waals surface area (Å²) in [5, 5.41) is 4.32. The summed E-state index contributed by atoms with van der Waals surface area (Å²) in [6.07, 6.45) is 0.726. The molecule has 178 valence electrons. The maximum atomic E-state index is 13.5. The van der Waals surface area contributed by atoms with Gasteiger partial charge in [-0.05, 0) is 54.1 Å². The van der Waals surface area contributed by atoms with Gasteiger partial charge >= 0.3 is 5.97 Å². The maximum absolute atomic E-state index is 13.5. The van der Waals surface area contributed by atoms with E-state index in [1.165, 1.54) is 11.6 Å². The zero-order valence-corrected chi connectivity index (χ0v) is 20.3. The van der Waals surface area contributed by atoms with Crippen LogP contribution in [0.4, 0.5) is 5.82 Å². The molecule has 0 fully saturated rings. The summed E-state index contributed by atoms with van der Waals surface area (Å²) < 4.78 is 6.93. The Morgan fingerprint density at radius 2 is 1.74 bits per heavy atom. The third-order valence-electron chi connectivity index (χ3n) is 5.79. The van der Waals surface area contributed by atoms with Crippen molar-refractivity contribution in [1.82, 2.24) is 9.55 Å². The van der Waals surface area contributed by atoms with Crippen molar-refractivity contribution < 1.29 is 14.3 Å². The standard InChI is InChI=1S/C27H24ClN3O4/c1-4-21(25(32)30-24-16(2)8-7-15-29-24)35-27(34)23-22(17-11-13-18(28)14-12-17)19-9-5-6-10-20(19)26(33)31(23)3/h5-15,21H,4H2,1-3H3,(H,29,30,32). The number of esters is 1. The molecule has 1 atom stereocenters. The van der Waals surface area contributed by atoms with Crippen molar-refractivity contribution in [2.24, 2.45) is 7.05 Å². The van der Waals surface area contributed by atoms with Gasteiger partial charge in [0, 0.05) is 29.2 Å². The zero-order valence-electron chi connectivity index (χ0n) is 19.5. The van der Waals surface area contributed by atoms with Crippen molar-refractivity contribution in [2.45, 2.75) is 26.4 Å². The van der Waals surface area contributed by atoms with Crippen LogP contribution in [0, 0.1) is 6.92 Å². The van der Waals surface area contributed by atoms with E-state index in [9.17, 15) is 14.4 Å². The lowest BCUT2D eigenvalue weighted by Crippen LogP contribution is -2.34. The highest BCUT2D eigenvalue weighted by Crippen LogP contribution is 2.32. The van der Waals surface area contributed by atoms with Gasteiger partial charge in [-0.1, -0.05) is 54.9 Å². The fraction of sp³-hybridized carbons (Fsp3) is 0.185. The van der Waals surface area contributed by atoms with Gasteiger partial charge in [0.15, 0.2) is 6.10 Å². The first-order valence-electron chi connectivity index (χ1n) is 11.1. The third-order valence-corrected chi connectivity index (χ3v) is 6.05. The number of pyridine rings is 2. The van der Waals surface area contributed by atoms with Crippen LogP contribution in [0.15, 0.2) is 71.7 Å². The number of halogens is 1. The van der Waals surface area contributed by atoms with E-state index in [0.717, 1.165) is 5.56 Å². The molecule has 0 radical (unpaired) electrons. The minimum Gasteiger partial charge on any atom is -0.448 e. The Kier molecular flexibility index (Phi) is 6.98. The third kappa shape index (κ3) is 4.81. The molecule has 4 rings (SSSR count). The number of carbonyl (C=O) groups excluding carboxylic acids is 2. The zero-order chi connectivity index (χ0) is 25.1. The average Bonchev–Trinajstić information content (AvgIpc) is 2.86. The fourth-order valence-electron chi connectivity index (χ4n) is 3.93. The van der Waals surface area contributed by atoms with Gasteiger partial charge in [-0.3, -0.25) is 9.59 Å². The lowest BCUT2D eigenvalue weighted by Gasteiger charge is -2.20. The topological polar surface area (TPSA) is 90.3 Å². The van der Waals surface area contributed by atoms with E-state index in [0.29, 0.717) is 32.7 Å². The molecule has 0 saturated carbocycles. The Morgan fingerprint density at radius 1 is 1.06 bits per heavy atom. The predicted octanol–water partition coefficient (Wildman–Crippen LogP) is 5.14. The van der Waals surface area contributed by atoms with Gasteiger partial charge < -0.3 is 14.6 Å². The van der Waals surface area contributed by atoms with Crippen LogP contribution in [-0.2, 0) is 16.6 Å². The molecule has 0 aliphatic carbocycles. The van der Waals surface area contributed by atoms with E-state index in [4.69, 9.17) is 16.3 Å². The molecule has 0 spiro atoms. The Hall–Kier alpha value is -3.97. The van der Waals surface area contributed by atoms with E-state index in [2.05, 4.69) is 10.3 Å². The Morgan fingerprint density at radius 3 is 2.40 bits per heavy atom. The number of nitrogens with zero attached hydrogens (tertiary/aromatic N) is 2. The number of anilines is 1. The summed E-state index contributed by atoms with van der Waals surface area (Å²) in [7, 11) is 1.52. The van der Waals surface area contributed by atoms with Gasteiger partial charge in [-0.25, -0.2) is 9.78 Å². The number of hydrogen-bond donors (Lipinski definition) is 1. The molecule has 2 aromatic carbocycles. The Labute approximate surface area is 207 Å². The number of aromatic nitrogens is 2. The van der Waals surface area contributed by atoms with Crippen molar-refractivity contribution in [3.05, 3.63) is 93.5 Å². The van der Waals surface area contributed by atoms with E-state index in [1.807, 2.05) is 13.0 Å². The highest BCUT2D eigenvalue weighted by molar-refractivity contribution is 6.30. The summed E-state index contributed by atoms with van der Waals surface area (Å²) in [4.78, 5) is 43.7. The molecule has 0 aliphatic rings. The van der Waals surface area contributed by atoms with Crippen LogP contribution in [0.25, 0.3) is 21.9 Å². The van der Waals surface area contributed by atoms with Gasteiger partial charge in [0.1, 0.15) is 11.5 Å². The van der Waals surface area contributed by atoms with E-state index in [1.54, 1.807) is 67.7 Å². The first kappa shape index (κ1) is 24.2. The number of fused-ring (bicyclic) bond motifs is 1. The van der Waals surface area contributed by atoms with Gasteiger partial charge in [0.05, 0.1) is 0 Å². The van der Waals surface area contributed by atoms with Crippen LogP contribution < -0.4 is 10.9 Å². The summed E-state index contributed by atoms with van der Waals surface area (Å²) in [5.41, 5.74) is 1.71. The van der Waals surface area contributed by atoms with Gasteiger partial charge in [-0.15, -0.1) is 0 Å². The average molecular weight is 490 g/mol. The van der Waals surface area contributed by atoms with E-state index < -0.39 is 18.0 Å². The molecule has 8 heteroatoms. The number of amides is 1. The minimum absolute atomic E-state index is 0.0521. The van der Waals surface area contributed by atoms with Gasteiger partial charge in [0.2, 0.25) is 0 Å². The van der Waals surface area contributed by atoms with Crippen molar-refractivity contribution in [2.75, 3.05) is 5.32 Å². The molecule has 1 N–H and O–H groups in total. The number of hydrogen-bond acceptors (Lipinski definition) is 5. The molecule has 4 aromatic rings.